The lowest BCUT2D eigenvalue weighted by atomic mass is 9.46. The van der Waals surface area contributed by atoms with Gasteiger partial charge in [0.25, 0.3) is 0 Å². The predicted molar refractivity (Wildman–Crippen MR) is 96.5 cm³/mol. The van der Waals surface area contributed by atoms with Crippen molar-refractivity contribution in [2.24, 2.45) is 63.6 Å². The van der Waals surface area contributed by atoms with Crippen LogP contribution < -0.4 is 0 Å². The summed E-state index contributed by atoms with van der Waals surface area (Å²) in [4.78, 5) is 13.3. The molecule has 2 heteroatoms. The smallest absolute Gasteiger partial charge is 0.313 e. The van der Waals surface area contributed by atoms with E-state index in [1.807, 2.05) is 0 Å². The quantitative estimate of drug-likeness (QED) is 0.472. The van der Waals surface area contributed by atoms with E-state index in [2.05, 4.69) is 48.1 Å². The molecule has 7 fully saturated rings. The Hall–Kier alpha value is -0.790. The van der Waals surface area contributed by atoms with Gasteiger partial charge in [-0.05, 0) is 66.6 Å². The third-order valence-corrected chi connectivity index (χ3v) is 11.5. The fourth-order valence-corrected chi connectivity index (χ4v) is 10.7. The van der Waals surface area contributed by atoms with Gasteiger partial charge in [-0.25, -0.2) is 0 Å². The van der Waals surface area contributed by atoms with Gasteiger partial charge in [-0.3, -0.25) is 4.79 Å². The number of ether oxygens (including phenoxy) is 1. The maximum atomic E-state index is 13.3. The summed E-state index contributed by atoms with van der Waals surface area (Å²) >= 11 is 0. The van der Waals surface area contributed by atoms with Crippen LogP contribution in [0.4, 0.5) is 0 Å². The van der Waals surface area contributed by atoms with Crippen LogP contribution in [0, 0.1) is 63.6 Å². The number of carbonyl (C=O) groups is 1. The van der Waals surface area contributed by atoms with Crippen molar-refractivity contribution in [3.05, 3.63) is 12.2 Å². The minimum atomic E-state index is -0.297. The Morgan fingerprint density at radius 2 is 1.76 bits per heavy atom. The topological polar surface area (TPSA) is 26.3 Å². The van der Waals surface area contributed by atoms with Gasteiger partial charge >= 0.3 is 5.97 Å². The summed E-state index contributed by atoms with van der Waals surface area (Å²) in [7, 11) is 0. The molecular formula is C23H32O2. The van der Waals surface area contributed by atoms with E-state index in [4.69, 9.17) is 4.74 Å². The van der Waals surface area contributed by atoms with Crippen molar-refractivity contribution in [2.75, 3.05) is 0 Å². The van der Waals surface area contributed by atoms with Crippen molar-refractivity contribution in [1.29, 1.82) is 0 Å². The van der Waals surface area contributed by atoms with Crippen molar-refractivity contribution in [3.8, 4) is 0 Å². The van der Waals surface area contributed by atoms with Crippen molar-refractivity contribution >= 4 is 5.97 Å². The van der Waals surface area contributed by atoms with Crippen molar-refractivity contribution in [1.82, 2.24) is 0 Å². The van der Waals surface area contributed by atoms with Gasteiger partial charge in [-0.2, -0.15) is 0 Å². The molecule has 0 amide bonds. The van der Waals surface area contributed by atoms with Gasteiger partial charge in [0.2, 0.25) is 0 Å². The molecule has 7 unspecified atom stereocenters. The molecule has 0 aromatic rings. The zero-order valence-electron chi connectivity index (χ0n) is 16.6. The van der Waals surface area contributed by atoms with Crippen LogP contribution in [-0.2, 0) is 9.53 Å². The van der Waals surface area contributed by atoms with Crippen molar-refractivity contribution in [2.45, 2.75) is 60.0 Å². The Kier molecular flexibility index (Phi) is 2.22. The van der Waals surface area contributed by atoms with Crippen LogP contribution in [0.25, 0.3) is 0 Å². The van der Waals surface area contributed by atoms with E-state index in [0.717, 1.165) is 5.92 Å². The van der Waals surface area contributed by atoms with Crippen LogP contribution in [0.2, 0.25) is 0 Å². The Balaban J connectivity index is 1.68. The van der Waals surface area contributed by atoms with Crippen LogP contribution in [0.5, 0.6) is 0 Å². The Bertz CT molecular complexity index is 755. The number of esters is 1. The lowest BCUT2D eigenvalue weighted by Gasteiger charge is -2.57. The molecule has 7 rings (SSSR count). The monoisotopic (exact) mass is 340 g/mol. The van der Waals surface area contributed by atoms with Gasteiger partial charge in [0.1, 0.15) is 5.60 Å². The number of hydrogen-bond acceptors (Lipinski definition) is 2. The van der Waals surface area contributed by atoms with Gasteiger partial charge in [0.05, 0.1) is 5.41 Å². The van der Waals surface area contributed by atoms with E-state index in [0.29, 0.717) is 46.8 Å². The van der Waals surface area contributed by atoms with E-state index >= 15 is 0 Å². The van der Waals surface area contributed by atoms with Crippen LogP contribution in [0.3, 0.4) is 0 Å². The zero-order valence-corrected chi connectivity index (χ0v) is 16.6. The lowest BCUT2D eigenvalue weighted by molar-refractivity contribution is -0.179. The standard InChI is InChI=1S/C23H32O2/c1-10-8-16-9-21-15(6)18-20(7)13(4)11(2)14(5)23(18,25-19(20)24)22(10,21)17(21)12(16)3/h10-11,13-18H,3,8-9H2,1-2,4-7H3/t10?,11?,13?,14?,15-,16?,17?,18?,20+,21+,22-,23-/m0/s1. The summed E-state index contributed by atoms with van der Waals surface area (Å²) in [5.41, 5.74) is 1.56. The Morgan fingerprint density at radius 1 is 1.08 bits per heavy atom. The largest absolute Gasteiger partial charge is 0.457 e. The normalized spacial score (nSPS) is 71.6. The molecule has 2 spiro atoms. The van der Waals surface area contributed by atoms with Crippen LogP contribution in [-0.4, -0.2) is 11.6 Å². The molecule has 0 aromatic heterocycles. The Labute approximate surface area is 151 Å². The summed E-state index contributed by atoms with van der Waals surface area (Å²) in [6.45, 7) is 18.9. The van der Waals surface area contributed by atoms with Gasteiger partial charge in [0.15, 0.2) is 0 Å². The molecule has 0 N–H and O–H groups in total. The van der Waals surface area contributed by atoms with E-state index in [1.165, 1.54) is 18.4 Å². The first kappa shape index (κ1) is 15.3. The highest BCUT2D eigenvalue weighted by Crippen LogP contribution is 3.00. The molecule has 25 heavy (non-hydrogen) atoms. The van der Waals surface area contributed by atoms with Crippen LogP contribution in [0.1, 0.15) is 54.4 Å². The average Bonchev–Trinajstić information content (AvgIpc) is 2.96. The molecule has 1 saturated heterocycles. The summed E-state index contributed by atoms with van der Waals surface area (Å²) in [6, 6.07) is 0. The van der Waals surface area contributed by atoms with Gasteiger partial charge in [-0.1, -0.05) is 46.8 Å². The summed E-state index contributed by atoms with van der Waals surface area (Å²) in [6.07, 6.45) is 2.59. The SMILES string of the molecule is C=C1C2CC(C)[C@]34C1[C@@]3(C2)[C@@H](C)C1[C@]2(C)C(=O)O[C@@]14C(C)C(C)C2C. The fourth-order valence-electron chi connectivity index (χ4n) is 10.7. The highest BCUT2D eigenvalue weighted by atomic mass is 16.6. The summed E-state index contributed by atoms with van der Waals surface area (Å²) in [5.74, 6) is 4.49. The molecule has 0 radical (unpaired) electrons. The maximum absolute atomic E-state index is 13.3. The first-order valence-electron chi connectivity index (χ1n) is 10.6. The Morgan fingerprint density at radius 3 is 2.44 bits per heavy atom. The minimum Gasteiger partial charge on any atom is -0.457 e. The highest BCUT2D eigenvalue weighted by Gasteiger charge is 3.01. The predicted octanol–water partition coefficient (Wildman–Crippen LogP) is 4.69. The number of hydrogen-bond donors (Lipinski definition) is 0. The second-order valence-electron chi connectivity index (χ2n) is 11.1. The molecule has 136 valence electrons. The van der Waals surface area contributed by atoms with Crippen LogP contribution in [0.15, 0.2) is 12.2 Å². The van der Waals surface area contributed by atoms with E-state index in [9.17, 15) is 4.79 Å². The molecule has 2 nitrogen and oxygen atoms in total. The van der Waals surface area contributed by atoms with Gasteiger partial charge in [0, 0.05) is 11.3 Å². The van der Waals surface area contributed by atoms with E-state index in [1.54, 1.807) is 0 Å². The summed E-state index contributed by atoms with van der Waals surface area (Å²) in [5, 5.41) is 0. The fraction of sp³-hybridized carbons (Fsp3) is 0.870. The summed E-state index contributed by atoms with van der Waals surface area (Å²) < 4.78 is 6.67. The van der Waals surface area contributed by atoms with Crippen molar-refractivity contribution in [3.63, 3.8) is 0 Å². The molecule has 6 aliphatic carbocycles. The molecule has 12 atom stereocenters. The lowest BCUT2D eigenvalue weighted by Crippen LogP contribution is -2.61. The number of allylic oxidation sites excluding steroid dienone is 1. The minimum absolute atomic E-state index is 0.113. The first-order chi connectivity index (χ1) is 11.6. The van der Waals surface area contributed by atoms with Crippen molar-refractivity contribution < 1.29 is 9.53 Å². The maximum Gasteiger partial charge on any atom is 0.313 e. The van der Waals surface area contributed by atoms with E-state index < -0.39 is 0 Å². The highest BCUT2D eigenvalue weighted by molar-refractivity contribution is 5.83. The molecular weight excluding hydrogens is 308 g/mol. The van der Waals surface area contributed by atoms with E-state index in [-0.39, 0.29) is 22.4 Å². The number of rotatable bonds is 0. The average molecular weight is 341 g/mol. The van der Waals surface area contributed by atoms with Crippen LogP contribution >= 0.6 is 0 Å². The third-order valence-electron chi connectivity index (χ3n) is 11.5. The van der Waals surface area contributed by atoms with Gasteiger partial charge < -0.3 is 4.74 Å². The number of carbonyl (C=O) groups excluding carboxylic acids is 1. The second kappa shape index (κ2) is 3.62. The molecule has 1 aliphatic heterocycles. The first-order valence-corrected chi connectivity index (χ1v) is 10.6. The van der Waals surface area contributed by atoms with Gasteiger partial charge in [-0.15, -0.1) is 0 Å². The molecule has 1 heterocycles. The molecule has 6 saturated carbocycles. The zero-order chi connectivity index (χ0) is 17.9. The molecule has 6 bridgehead atoms. The molecule has 0 aromatic carbocycles. The third kappa shape index (κ3) is 0.980. The number of fused-ring (bicyclic) bond motifs is 1. The second-order valence-corrected chi connectivity index (χ2v) is 11.1. The molecule has 7 aliphatic rings.